The molecule has 2 aliphatic rings. The summed E-state index contributed by atoms with van der Waals surface area (Å²) in [7, 11) is 0. The van der Waals surface area contributed by atoms with Crippen molar-refractivity contribution >= 4 is 29.2 Å². The molecule has 3 aromatic carbocycles. The highest BCUT2D eigenvalue weighted by molar-refractivity contribution is 6.31. The van der Waals surface area contributed by atoms with E-state index in [2.05, 4.69) is 21.3 Å². The van der Waals surface area contributed by atoms with Crippen molar-refractivity contribution in [1.29, 1.82) is 0 Å². The fourth-order valence-corrected chi connectivity index (χ4v) is 5.26. The summed E-state index contributed by atoms with van der Waals surface area (Å²) in [4.78, 5) is 24.5. The maximum atomic E-state index is 13.1. The number of para-hydroxylation sites is 1. The van der Waals surface area contributed by atoms with Gasteiger partial charge in [0.2, 0.25) is 5.91 Å². The Morgan fingerprint density at radius 3 is 2.73 bits per heavy atom. The largest absolute Gasteiger partial charge is 0.493 e. The maximum absolute atomic E-state index is 13.1. The molecule has 5 N–H and O–H groups in total. The number of piperidine rings is 1. The Morgan fingerprint density at radius 2 is 1.92 bits per heavy atom. The van der Waals surface area contributed by atoms with Gasteiger partial charge in [0.25, 0.3) is 0 Å². The van der Waals surface area contributed by atoms with Gasteiger partial charge >= 0.3 is 5.97 Å². The van der Waals surface area contributed by atoms with Gasteiger partial charge in [-0.15, -0.1) is 0 Å². The first kappa shape index (κ1) is 25.1. The molecule has 2 aliphatic heterocycles. The first-order valence-corrected chi connectivity index (χ1v) is 12.7. The predicted molar refractivity (Wildman–Crippen MR) is 142 cm³/mol. The Kier molecular flexibility index (Phi) is 7.60. The summed E-state index contributed by atoms with van der Waals surface area (Å²) in [6.07, 6.45) is 1.06. The molecule has 1 amide bonds. The zero-order valence-electron chi connectivity index (χ0n) is 20.1. The van der Waals surface area contributed by atoms with Crippen molar-refractivity contribution in [3.63, 3.8) is 0 Å². The summed E-state index contributed by atoms with van der Waals surface area (Å²) in [6.45, 7) is 1.22. The van der Waals surface area contributed by atoms with Crippen molar-refractivity contribution in [2.75, 3.05) is 18.5 Å². The van der Waals surface area contributed by atoms with Crippen molar-refractivity contribution in [3.05, 3.63) is 83.4 Å². The second-order valence-corrected chi connectivity index (χ2v) is 9.72. The van der Waals surface area contributed by atoms with Gasteiger partial charge in [-0.3, -0.25) is 10.1 Å². The number of anilines is 1. The third-order valence-corrected chi connectivity index (χ3v) is 7.11. The predicted octanol–water partition coefficient (Wildman–Crippen LogP) is 4.14. The Morgan fingerprint density at radius 1 is 1.08 bits per heavy atom. The summed E-state index contributed by atoms with van der Waals surface area (Å²) in [6, 6.07) is 21.8. The molecule has 0 spiro atoms. The standard InChI is InChI=1S/C28H29ClN4O4/c29-20-9-10-23(22(16-20)18-5-4-6-19(15-18)27(35)36)37-14-12-17-11-13-30-25-24(17)26(34)33-28(32-25)31-21-7-2-1-3-8-21/h1-10,15-17,24-25,28,30-32H,11-14H2,(H,33,34)(H,35,36). The lowest BCUT2D eigenvalue weighted by atomic mass is 9.80. The number of halogens is 1. The fraction of sp³-hybridized carbons (Fsp3) is 0.286. The van der Waals surface area contributed by atoms with Gasteiger partial charge in [-0.2, -0.15) is 0 Å². The zero-order valence-corrected chi connectivity index (χ0v) is 20.9. The number of aromatic carboxylic acids is 1. The molecule has 0 radical (unpaired) electrons. The van der Waals surface area contributed by atoms with Crippen molar-refractivity contribution < 1.29 is 19.4 Å². The smallest absolute Gasteiger partial charge is 0.335 e. The van der Waals surface area contributed by atoms with Gasteiger partial charge in [-0.25, -0.2) is 4.79 Å². The molecule has 37 heavy (non-hydrogen) atoms. The van der Waals surface area contributed by atoms with E-state index in [-0.39, 0.29) is 35.8 Å². The van der Waals surface area contributed by atoms with Crippen LogP contribution < -0.4 is 26.0 Å². The van der Waals surface area contributed by atoms with Crippen LogP contribution in [0.2, 0.25) is 5.02 Å². The second-order valence-electron chi connectivity index (χ2n) is 9.29. The van der Waals surface area contributed by atoms with Crippen LogP contribution in [0.3, 0.4) is 0 Å². The van der Waals surface area contributed by atoms with Gasteiger partial charge in [-0.05, 0) is 73.3 Å². The first-order chi connectivity index (χ1) is 18.0. The van der Waals surface area contributed by atoms with Crippen molar-refractivity contribution in [2.45, 2.75) is 25.3 Å². The first-order valence-electron chi connectivity index (χ1n) is 12.4. The topological polar surface area (TPSA) is 112 Å². The third kappa shape index (κ3) is 5.88. The molecule has 0 bridgehead atoms. The van der Waals surface area contributed by atoms with Gasteiger partial charge in [0.15, 0.2) is 6.29 Å². The van der Waals surface area contributed by atoms with E-state index < -0.39 is 5.97 Å². The highest BCUT2D eigenvalue weighted by Crippen LogP contribution is 2.34. The SMILES string of the molecule is O=C(O)c1cccc(-c2cc(Cl)ccc2OCCC2CCNC3NC(Nc4ccccc4)NC(=O)C23)c1. The molecule has 2 heterocycles. The number of carbonyl (C=O) groups excluding carboxylic acids is 1. The quantitative estimate of drug-likeness (QED) is 0.303. The van der Waals surface area contributed by atoms with E-state index in [1.165, 1.54) is 0 Å². The van der Waals surface area contributed by atoms with Crippen molar-refractivity contribution in [2.24, 2.45) is 11.8 Å². The van der Waals surface area contributed by atoms with E-state index in [0.717, 1.165) is 24.2 Å². The van der Waals surface area contributed by atoms with Crippen LogP contribution in [0, 0.1) is 11.8 Å². The normalized spacial score (nSPS) is 23.0. The number of hydrogen-bond acceptors (Lipinski definition) is 6. The monoisotopic (exact) mass is 520 g/mol. The highest BCUT2D eigenvalue weighted by atomic mass is 35.5. The summed E-state index contributed by atoms with van der Waals surface area (Å²) in [5, 5.41) is 23.2. The molecule has 9 heteroatoms. The van der Waals surface area contributed by atoms with E-state index >= 15 is 0 Å². The molecule has 0 saturated carbocycles. The number of nitrogens with one attached hydrogen (secondary N) is 4. The summed E-state index contributed by atoms with van der Waals surface area (Å²) in [5.41, 5.74) is 2.56. The lowest BCUT2D eigenvalue weighted by molar-refractivity contribution is -0.133. The van der Waals surface area contributed by atoms with E-state index in [4.69, 9.17) is 16.3 Å². The minimum atomic E-state index is -0.993. The number of carbonyl (C=O) groups is 2. The molecule has 4 unspecified atom stereocenters. The molecule has 5 rings (SSSR count). The molecular weight excluding hydrogens is 492 g/mol. The molecule has 2 saturated heterocycles. The fourth-order valence-electron chi connectivity index (χ4n) is 5.09. The molecule has 0 aliphatic carbocycles. The van der Waals surface area contributed by atoms with Crippen LogP contribution in [0.4, 0.5) is 5.69 Å². The number of carboxylic acids is 1. The Bertz CT molecular complexity index is 1270. The Hall–Kier alpha value is -3.59. The van der Waals surface area contributed by atoms with Crippen LogP contribution in [0.25, 0.3) is 11.1 Å². The molecule has 192 valence electrons. The Balaban J connectivity index is 1.24. The minimum absolute atomic E-state index is 0.00653. The van der Waals surface area contributed by atoms with E-state index in [9.17, 15) is 14.7 Å². The molecule has 3 aromatic rings. The minimum Gasteiger partial charge on any atom is -0.493 e. The lowest BCUT2D eigenvalue weighted by Crippen LogP contribution is -2.71. The number of hydrogen-bond donors (Lipinski definition) is 5. The summed E-state index contributed by atoms with van der Waals surface area (Å²) >= 11 is 6.24. The molecule has 4 atom stereocenters. The molecular formula is C28H29ClN4O4. The van der Waals surface area contributed by atoms with Crippen LogP contribution in [0.5, 0.6) is 5.75 Å². The third-order valence-electron chi connectivity index (χ3n) is 6.88. The van der Waals surface area contributed by atoms with Gasteiger partial charge in [0, 0.05) is 16.3 Å². The van der Waals surface area contributed by atoms with E-state index in [0.29, 0.717) is 29.4 Å². The van der Waals surface area contributed by atoms with Crippen molar-refractivity contribution in [1.82, 2.24) is 16.0 Å². The number of carboxylic acid groups (broad SMARTS) is 1. The number of fused-ring (bicyclic) bond motifs is 1. The van der Waals surface area contributed by atoms with E-state index in [1.54, 1.807) is 36.4 Å². The molecule has 8 nitrogen and oxygen atoms in total. The average molecular weight is 521 g/mol. The van der Waals surface area contributed by atoms with Gasteiger partial charge in [0.05, 0.1) is 24.3 Å². The number of amides is 1. The van der Waals surface area contributed by atoms with Gasteiger partial charge in [0.1, 0.15) is 5.75 Å². The number of ether oxygens (including phenoxy) is 1. The molecule has 0 aromatic heterocycles. The van der Waals surface area contributed by atoms with Crippen LogP contribution in [-0.2, 0) is 4.79 Å². The van der Waals surface area contributed by atoms with Crippen molar-refractivity contribution in [3.8, 4) is 16.9 Å². The lowest BCUT2D eigenvalue weighted by Gasteiger charge is -2.44. The van der Waals surface area contributed by atoms with E-state index in [1.807, 2.05) is 36.4 Å². The maximum Gasteiger partial charge on any atom is 0.335 e. The van der Waals surface area contributed by atoms with Crippen LogP contribution in [0.15, 0.2) is 72.8 Å². The highest BCUT2D eigenvalue weighted by Gasteiger charge is 2.42. The summed E-state index contributed by atoms with van der Waals surface area (Å²) < 4.78 is 6.17. The van der Waals surface area contributed by atoms with Crippen LogP contribution in [-0.4, -0.2) is 42.6 Å². The van der Waals surface area contributed by atoms with Crippen LogP contribution in [0.1, 0.15) is 23.2 Å². The number of benzene rings is 3. The van der Waals surface area contributed by atoms with Gasteiger partial charge < -0.3 is 25.8 Å². The number of rotatable bonds is 8. The summed E-state index contributed by atoms with van der Waals surface area (Å²) in [5.74, 6) is -0.444. The van der Waals surface area contributed by atoms with Gasteiger partial charge in [-0.1, -0.05) is 41.9 Å². The zero-order chi connectivity index (χ0) is 25.8. The van der Waals surface area contributed by atoms with Crippen LogP contribution >= 0.6 is 11.6 Å². The average Bonchev–Trinajstić information content (AvgIpc) is 2.90. The Labute approximate surface area is 220 Å². The molecule has 2 fully saturated rings. The second kappa shape index (κ2) is 11.2.